The second-order valence-electron chi connectivity index (χ2n) is 5.10. The minimum Gasteiger partial charge on any atom is -0.377 e. The average Bonchev–Trinajstić information content (AvgIpc) is 3.09. The molecule has 22 heavy (non-hydrogen) atoms. The molecule has 114 valence electrons. The second-order valence-corrected chi connectivity index (χ2v) is 5.48. The molecule has 1 aromatic carbocycles. The summed E-state index contributed by atoms with van der Waals surface area (Å²) in [5.41, 5.74) is 3.32. The highest BCUT2D eigenvalue weighted by Crippen LogP contribution is 2.12. The van der Waals surface area contributed by atoms with E-state index in [9.17, 15) is 0 Å². The number of hydrogen-bond donors (Lipinski definition) is 1. The Balaban J connectivity index is 1.86. The van der Waals surface area contributed by atoms with E-state index >= 15 is 0 Å². The highest BCUT2D eigenvalue weighted by atomic mass is 32.1. The molecule has 0 unspecified atom stereocenters. The lowest BCUT2D eigenvalue weighted by Crippen LogP contribution is -2.02. The Morgan fingerprint density at radius 1 is 1.27 bits per heavy atom. The van der Waals surface area contributed by atoms with Crippen LogP contribution in [-0.2, 0) is 17.9 Å². The summed E-state index contributed by atoms with van der Waals surface area (Å²) < 4.78 is 9.38. The highest BCUT2D eigenvalue weighted by Gasteiger charge is 2.10. The number of nitrogens with zero attached hydrogens (tertiary/aromatic N) is 4. The van der Waals surface area contributed by atoms with Crippen molar-refractivity contribution in [1.29, 1.82) is 0 Å². The average molecular weight is 315 g/mol. The van der Waals surface area contributed by atoms with Crippen LogP contribution in [0.25, 0.3) is 5.69 Å². The topological polar surface area (TPSA) is 60.7 Å². The Labute approximate surface area is 133 Å². The first kappa shape index (κ1) is 14.7. The standard InChI is InChI=1S/C15H17N5OS/c1-11-3-5-12(6-4-11)8-19-9-13(7-16-19)20-14(10-21-2)17-18-15(20)22/h3-7,9H,8,10H2,1-2H3,(H,18,22). The van der Waals surface area contributed by atoms with Gasteiger partial charge in [0.1, 0.15) is 6.61 Å². The molecule has 3 aromatic rings. The summed E-state index contributed by atoms with van der Waals surface area (Å²) in [4.78, 5) is 0. The first-order valence-electron chi connectivity index (χ1n) is 6.91. The number of aryl methyl sites for hydroxylation is 1. The third kappa shape index (κ3) is 3.00. The quantitative estimate of drug-likeness (QED) is 0.735. The molecule has 0 fully saturated rings. The summed E-state index contributed by atoms with van der Waals surface area (Å²) in [6.07, 6.45) is 3.73. The van der Waals surface area contributed by atoms with Gasteiger partial charge in [0.2, 0.25) is 0 Å². The number of benzene rings is 1. The molecule has 7 heteroatoms. The van der Waals surface area contributed by atoms with Crippen LogP contribution in [0.1, 0.15) is 17.0 Å². The molecular weight excluding hydrogens is 298 g/mol. The number of hydrogen-bond acceptors (Lipinski definition) is 4. The SMILES string of the molecule is COCc1n[nH]c(=S)n1-c1cnn(Cc2ccc(C)cc2)c1. The molecule has 6 nitrogen and oxygen atoms in total. The molecule has 0 atom stereocenters. The van der Waals surface area contributed by atoms with E-state index in [0.29, 0.717) is 17.9 Å². The number of methoxy groups -OCH3 is 1. The number of nitrogens with one attached hydrogen (secondary N) is 1. The monoisotopic (exact) mass is 315 g/mol. The van der Waals surface area contributed by atoms with Gasteiger partial charge in [-0.25, -0.2) is 0 Å². The lowest BCUT2D eigenvalue weighted by Gasteiger charge is -2.03. The van der Waals surface area contributed by atoms with Crippen LogP contribution >= 0.6 is 12.2 Å². The number of rotatable bonds is 5. The van der Waals surface area contributed by atoms with Crippen molar-refractivity contribution in [1.82, 2.24) is 24.5 Å². The van der Waals surface area contributed by atoms with Crippen LogP contribution in [0.5, 0.6) is 0 Å². The molecule has 1 N–H and O–H groups in total. The predicted octanol–water partition coefficient (Wildman–Crippen LogP) is 2.63. The fourth-order valence-corrected chi connectivity index (χ4v) is 2.51. The molecular formula is C15H17N5OS. The van der Waals surface area contributed by atoms with Gasteiger partial charge in [0, 0.05) is 13.3 Å². The first-order valence-corrected chi connectivity index (χ1v) is 7.32. The second kappa shape index (κ2) is 6.25. The maximum absolute atomic E-state index is 5.27. The fourth-order valence-electron chi connectivity index (χ4n) is 2.26. The van der Waals surface area contributed by atoms with E-state index in [4.69, 9.17) is 17.0 Å². The van der Waals surface area contributed by atoms with Gasteiger partial charge in [0.05, 0.1) is 18.4 Å². The van der Waals surface area contributed by atoms with Gasteiger partial charge in [0.25, 0.3) is 0 Å². The molecule has 2 aromatic heterocycles. The maximum Gasteiger partial charge on any atom is 0.200 e. The van der Waals surface area contributed by atoms with Crippen molar-refractivity contribution in [3.63, 3.8) is 0 Å². The van der Waals surface area contributed by atoms with Crippen molar-refractivity contribution in [2.24, 2.45) is 0 Å². The fraction of sp³-hybridized carbons (Fsp3) is 0.267. The molecule has 0 aliphatic rings. The van der Waals surface area contributed by atoms with Crippen LogP contribution in [0.4, 0.5) is 0 Å². The molecule has 0 saturated heterocycles. The zero-order valence-corrected chi connectivity index (χ0v) is 13.3. The Morgan fingerprint density at radius 2 is 2.05 bits per heavy atom. The van der Waals surface area contributed by atoms with Crippen molar-refractivity contribution in [3.8, 4) is 5.69 Å². The summed E-state index contributed by atoms with van der Waals surface area (Å²) in [6, 6.07) is 8.41. The van der Waals surface area contributed by atoms with Crippen LogP contribution in [0.3, 0.4) is 0 Å². The van der Waals surface area contributed by atoms with E-state index < -0.39 is 0 Å². The van der Waals surface area contributed by atoms with Gasteiger partial charge in [-0.3, -0.25) is 14.3 Å². The van der Waals surface area contributed by atoms with Crippen LogP contribution in [0, 0.1) is 11.7 Å². The normalized spacial score (nSPS) is 11.0. The van der Waals surface area contributed by atoms with Crippen molar-refractivity contribution < 1.29 is 4.74 Å². The van der Waals surface area contributed by atoms with E-state index in [1.807, 2.05) is 15.4 Å². The number of aromatic nitrogens is 5. The Bertz CT molecular complexity index is 815. The predicted molar refractivity (Wildman–Crippen MR) is 85.5 cm³/mol. The first-order chi connectivity index (χ1) is 10.7. The summed E-state index contributed by atoms with van der Waals surface area (Å²) in [5, 5.41) is 11.4. The highest BCUT2D eigenvalue weighted by molar-refractivity contribution is 7.71. The molecule has 0 saturated carbocycles. The maximum atomic E-state index is 5.27. The van der Waals surface area contributed by atoms with Gasteiger partial charge in [-0.15, -0.1) is 0 Å². The lowest BCUT2D eigenvalue weighted by molar-refractivity contribution is 0.176. The van der Waals surface area contributed by atoms with Gasteiger partial charge < -0.3 is 4.74 Å². The van der Waals surface area contributed by atoms with Gasteiger partial charge in [-0.05, 0) is 24.7 Å². The largest absolute Gasteiger partial charge is 0.377 e. The van der Waals surface area contributed by atoms with E-state index in [-0.39, 0.29) is 0 Å². The van der Waals surface area contributed by atoms with Crippen LogP contribution in [0.15, 0.2) is 36.7 Å². The zero-order valence-electron chi connectivity index (χ0n) is 12.5. The van der Waals surface area contributed by atoms with Crippen molar-refractivity contribution in [3.05, 3.63) is 58.4 Å². The Hall–Kier alpha value is -2.25. The number of aromatic amines is 1. The molecule has 0 amide bonds. The van der Waals surface area contributed by atoms with Crippen LogP contribution in [-0.4, -0.2) is 31.7 Å². The summed E-state index contributed by atoms with van der Waals surface area (Å²) in [7, 11) is 1.63. The molecule has 3 rings (SSSR count). The van der Waals surface area contributed by atoms with Gasteiger partial charge in [-0.1, -0.05) is 29.8 Å². The minimum atomic E-state index is 0.385. The number of H-pyrrole nitrogens is 1. The smallest absolute Gasteiger partial charge is 0.200 e. The summed E-state index contributed by atoms with van der Waals surface area (Å²) >= 11 is 5.27. The molecule has 0 aliphatic carbocycles. The van der Waals surface area contributed by atoms with Crippen molar-refractivity contribution in [2.45, 2.75) is 20.1 Å². The van der Waals surface area contributed by atoms with E-state index in [1.54, 1.807) is 13.3 Å². The Morgan fingerprint density at radius 3 is 2.77 bits per heavy atom. The van der Waals surface area contributed by atoms with E-state index in [2.05, 4.69) is 46.5 Å². The Kier molecular flexibility index (Phi) is 4.17. The van der Waals surface area contributed by atoms with Crippen molar-refractivity contribution in [2.75, 3.05) is 7.11 Å². The molecule has 0 bridgehead atoms. The van der Waals surface area contributed by atoms with Crippen LogP contribution in [0.2, 0.25) is 0 Å². The number of ether oxygens (including phenoxy) is 1. The van der Waals surface area contributed by atoms with E-state index in [0.717, 1.165) is 11.5 Å². The minimum absolute atomic E-state index is 0.385. The lowest BCUT2D eigenvalue weighted by atomic mass is 10.1. The summed E-state index contributed by atoms with van der Waals surface area (Å²) in [5.74, 6) is 0.724. The van der Waals surface area contributed by atoms with Gasteiger partial charge in [-0.2, -0.15) is 10.2 Å². The van der Waals surface area contributed by atoms with Gasteiger partial charge >= 0.3 is 0 Å². The molecule has 2 heterocycles. The summed E-state index contributed by atoms with van der Waals surface area (Å²) in [6.45, 7) is 3.18. The molecule has 0 aliphatic heterocycles. The van der Waals surface area contributed by atoms with Crippen molar-refractivity contribution >= 4 is 12.2 Å². The molecule has 0 spiro atoms. The molecule has 0 radical (unpaired) electrons. The zero-order chi connectivity index (χ0) is 15.5. The van der Waals surface area contributed by atoms with Gasteiger partial charge in [0.15, 0.2) is 10.6 Å². The van der Waals surface area contributed by atoms with E-state index in [1.165, 1.54) is 11.1 Å². The van der Waals surface area contributed by atoms with Crippen LogP contribution < -0.4 is 0 Å². The third-order valence-electron chi connectivity index (χ3n) is 3.36. The third-order valence-corrected chi connectivity index (χ3v) is 3.63.